The van der Waals surface area contributed by atoms with Gasteiger partial charge in [0.25, 0.3) is 5.91 Å². The number of amides is 1. The van der Waals surface area contributed by atoms with Gasteiger partial charge in [-0.3, -0.25) is 4.79 Å². The first kappa shape index (κ1) is 14.8. The van der Waals surface area contributed by atoms with Crippen molar-refractivity contribution >= 4 is 11.9 Å². The predicted molar refractivity (Wildman–Crippen MR) is 68.2 cm³/mol. The van der Waals surface area contributed by atoms with Crippen molar-refractivity contribution in [1.82, 2.24) is 5.32 Å². The smallest absolute Gasteiger partial charge is 0.342 e. The van der Waals surface area contributed by atoms with Crippen molar-refractivity contribution in [3.63, 3.8) is 0 Å². The summed E-state index contributed by atoms with van der Waals surface area (Å²) >= 11 is 0. The minimum absolute atomic E-state index is 0.0458. The Hall–Kier alpha value is -2.24. The fourth-order valence-electron chi connectivity index (χ4n) is 1.40. The van der Waals surface area contributed by atoms with E-state index in [1.807, 2.05) is 0 Å². The van der Waals surface area contributed by atoms with Gasteiger partial charge in [0.05, 0.1) is 7.11 Å². The maximum absolute atomic E-state index is 11.8. The van der Waals surface area contributed by atoms with Gasteiger partial charge in [-0.25, -0.2) is 4.79 Å². The lowest BCUT2D eigenvalue weighted by Crippen LogP contribution is -2.35. The third-order valence-electron chi connectivity index (χ3n) is 2.43. The minimum Gasteiger partial charge on any atom is -0.507 e. The molecule has 0 fully saturated rings. The number of rotatable bonds is 5. The van der Waals surface area contributed by atoms with E-state index in [-0.39, 0.29) is 11.3 Å². The molecule has 1 aromatic carbocycles. The van der Waals surface area contributed by atoms with E-state index in [0.717, 1.165) is 0 Å². The van der Waals surface area contributed by atoms with Gasteiger partial charge in [-0.15, -0.1) is 0 Å². The quantitative estimate of drug-likeness (QED) is 0.780. The predicted octanol–water partition coefficient (Wildman–Crippen LogP) is 1.08. The summed E-state index contributed by atoms with van der Waals surface area (Å²) in [4.78, 5) is 23.3. The van der Waals surface area contributed by atoms with Gasteiger partial charge in [-0.1, -0.05) is 0 Å². The molecule has 1 aromatic rings. The molecule has 0 heterocycles. The number of methoxy groups -OCH3 is 1. The van der Waals surface area contributed by atoms with E-state index in [1.54, 1.807) is 6.92 Å². The maximum atomic E-state index is 11.8. The highest BCUT2D eigenvalue weighted by molar-refractivity contribution is 5.94. The Morgan fingerprint density at radius 1 is 1.42 bits per heavy atom. The Labute approximate surface area is 111 Å². The van der Waals surface area contributed by atoms with Crippen molar-refractivity contribution < 1.29 is 24.2 Å². The number of phenols is 1. The average Bonchev–Trinajstić information content (AvgIpc) is 2.39. The maximum Gasteiger partial charge on any atom is 0.342 e. The van der Waals surface area contributed by atoms with Gasteiger partial charge in [0.1, 0.15) is 17.1 Å². The average molecular weight is 267 g/mol. The standard InChI is InChI=1S/C13H17NO5/c1-4-14-12(16)8(2)19-13(17)10-7-9(18-3)5-6-11(10)15/h5-8,15H,4H2,1-3H3,(H,14,16)/t8-/m1/s1. The van der Waals surface area contributed by atoms with Gasteiger partial charge in [0, 0.05) is 6.54 Å². The number of esters is 1. The van der Waals surface area contributed by atoms with Crippen LogP contribution in [0, 0.1) is 0 Å². The van der Waals surface area contributed by atoms with Crippen LogP contribution in [-0.2, 0) is 9.53 Å². The number of aromatic hydroxyl groups is 1. The van der Waals surface area contributed by atoms with E-state index in [0.29, 0.717) is 12.3 Å². The van der Waals surface area contributed by atoms with Crippen LogP contribution in [0.1, 0.15) is 24.2 Å². The van der Waals surface area contributed by atoms with Crippen molar-refractivity contribution in [1.29, 1.82) is 0 Å². The summed E-state index contributed by atoms with van der Waals surface area (Å²) in [6.07, 6.45) is -0.932. The first-order valence-electron chi connectivity index (χ1n) is 5.85. The van der Waals surface area contributed by atoms with Crippen LogP contribution < -0.4 is 10.1 Å². The van der Waals surface area contributed by atoms with Gasteiger partial charge < -0.3 is 19.9 Å². The number of phenolic OH excluding ortho intramolecular Hbond substituents is 1. The van der Waals surface area contributed by atoms with Gasteiger partial charge in [-0.2, -0.15) is 0 Å². The highest BCUT2D eigenvalue weighted by Gasteiger charge is 2.20. The topological polar surface area (TPSA) is 84.9 Å². The third kappa shape index (κ3) is 3.87. The second-order valence-electron chi connectivity index (χ2n) is 3.83. The normalized spacial score (nSPS) is 11.5. The fourth-order valence-corrected chi connectivity index (χ4v) is 1.40. The third-order valence-corrected chi connectivity index (χ3v) is 2.43. The van der Waals surface area contributed by atoms with E-state index >= 15 is 0 Å². The molecule has 1 amide bonds. The molecule has 2 N–H and O–H groups in total. The zero-order valence-electron chi connectivity index (χ0n) is 11.1. The Bertz CT molecular complexity index is 472. The van der Waals surface area contributed by atoms with Crippen molar-refractivity contribution in [3.8, 4) is 11.5 Å². The molecule has 1 rings (SSSR count). The highest BCUT2D eigenvalue weighted by Crippen LogP contribution is 2.23. The van der Waals surface area contributed by atoms with Crippen LogP contribution in [0.2, 0.25) is 0 Å². The first-order chi connectivity index (χ1) is 8.99. The number of nitrogens with one attached hydrogen (secondary N) is 1. The summed E-state index contributed by atoms with van der Waals surface area (Å²) in [5.41, 5.74) is -0.0458. The van der Waals surface area contributed by atoms with Crippen LogP contribution >= 0.6 is 0 Å². The van der Waals surface area contributed by atoms with E-state index in [9.17, 15) is 14.7 Å². The van der Waals surface area contributed by atoms with Crippen molar-refractivity contribution in [2.24, 2.45) is 0 Å². The molecule has 104 valence electrons. The van der Waals surface area contributed by atoms with E-state index in [4.69, 9.17) is 9.47 Å². The lowest BCUT2D eigenvalue weighted by Gasteiger charge is -2.13. The van der Waals surface area contributed by atoms with Crippen molar-refractivity contribution in [2.45, 2.75) is 20.0 Å². The molecule has 0 aliphatic heterocycles. The number of ether oxygens (including phenoxy) is 2. The summed E-state index contributed by atoms with van der Waals surface area (Å²) in [6.45, 7) is 3.67. The molecule has 19 heavy (non-hydrogen) atoms. The molecule has 1 atom stereocenters. The van der Waals surface area contributed by atoms with Gasteiger partial charge in [-0.05, 0) is 32.0 Å². The zero-order chi connectivity index (χ0) is 14.4. The van der Waals surface area contributed by atoms with Crippen LogP contribution in [0.15, 0.2) is 18.2 Å². The first-order valence-corrected chi connectivity index (χ1v) is 5.85. The van der Waals surface area contributed by atoms with Crippen LogP contribution in [0.4, 0.5) is 0 Å². The molecule has 0 radical (unpaired) electrons. The highest BCUT2D eigenvalue weighted by atomic mass is 16.5. The Kier molecular flexibility index (Phi) is 5.17. The number of hydrogen-bond donors (Lipinski definition) is 2. The number of carbonyl (C=O) groups is 2. The summed E-state index contributed by atoms with van der Waals surface area (Å²) in [5.74, 6) is -0.988. The van der Waals surface area contributed by atoms with Gasteiger partial charge >= 0.3 is 5.97 Å². The van der Waals surface area contributed by atoms with E-state index in [1.165, 1.54) is 32.2 Å². The second-order valence-corrected chi connectivity index (χ2v) is 3.83. The molecule has 0 aliphatic rings. The monoisotopic (exact) mass is 267 g/mol. The van der Waals surface area contributed by atoms with Crippen LogP contribution in [0.5, 0.6) is 11.5 Å². The number of hydrogen-bond acceptors (Lipinski definition) is 5. The fraction of sp³-hybridized carbons (Fsp3) is 0.385. The molecule has 0 spiro atoms. The largest absolute Gasteiger partial charge is 0.507 e. The summed E-state index contributed by atoms with van der Waals surface area (Å²) in [6, 6.07) is 4.19. The summed E-state index contributed by atoms with van der Waals surface area (Å²) in [7, 11) is 1.44. The summed E-state index contributed by atoms with van der Waals surface area (Å²) in [5, 5.41) is 12.1. The molecular formula is C13H17NO5. The molecule has 6 heteroatoms. The van der Waals surface area contributed by atoms with Crippen molar-refractivity contribution in [3.05, 3.63) is 23.8 Å². The molecule has 0 saturated carbocycles. The van der Waals surface area contributed by atoms with E-state index < -0.39 is 18.0 Å². The molecule has 0 bridgehead atoms. The minimum atomic E-state index is -0.932. The molecule has 0 aromatic heterocycles. The van der Waals surface area contributed by atoms with Gasteiger partial charge in [0.15, 0.2) is 6.10 Å². The van der Waals surface area contributed by atoms with Gasteiger partial charge in [0.2, 0.25) is 0 Å². The number of carbonyl (C=O) groups excluding carboxylic acids is 2. The van der Waals surface area contributed by atoms with E-state index in [2.05, 4.69) is 5.32 Å². The Morgan fingerprint density at radius 2 is 2.11 bits per heavy atom. The Morgan fingerprint density at radius 3 is 2.68 bits per heavy atom. The SMILES string of the molecule is CCNC(=O)[C@@H](C)OC(=O)c1cc(OC)ccc1O. The van der Waals surface area contributed by atoms with Crippen LogP contribution in [0.25, 0.3) is 0 Å². The van der Waals surface area contributed by atoms with Crippen LogP contribution in [-0.4, -0.2) is 36.7 Å². The van der Waals surface area contributed by atoms with Crippen molar-refractivity contribution in [2.75, 3.05) is 13.7 Å². The molecular weight excluding hydrogens is 250 g/mol. The molecule has 6 nitrogen and oxygen atoms in total. The van der Waals surface area contributed by atoms with Crippen LogP contribution in [0.3, 0.4) is 0 Å². The lowest BCUT2D eigenvalue weighted by atomic mass is 10.2. The lowest BCUT2D eigenvalue weighted by molar-refractivity contribution is -0.128. The zero-order valence-corrected chi connectivity index (χ0v) is 11.1. The molecule has 0 unspecified atom stereocenters. The molecule has 0 aliphatic carbocycles. The summed E-state index contributed by atoms with van der Waals surface area (Å²) < 4.78 is 9.92. The molecule has 0 saturated heterocycles. The second kappa shape index (κ2) is 6.63. The Balaban J connectivity index is 2.80. The number of likely N-dealkylation sites (N-methyl/N-ethyl adjacent to an activating group) is 1. The number of benzene rings is 1.